The van der Waals surface area contributed by atoms with E-state index in [2.05, 4.69) is 16.1 Å². The van der Waals surface area contributed by atoms with Gasteiger partial charge in [-0.05, 0) is 44.0 Å². The molecule has 3 heterocycles. The zero-order chi connectivity index (χ0) is 21.9. The fraction of sp³-hybridized carbons (Fsp3) is 0.650. The summed E-state index contributed by atoms with van der Waals surface area (Å²) < 4.78 is 7.57. The predicted octanol–water partition coefficient (Wildman–Crippen LogP) is 2.17. The van der Waals surface area contributed by atoms with E-state index < -0.39 is 5.79 Å². The summed E-state index contributed by atoms with van der Waals surface area (Å²) in [6, 6.07) is 1.81. The van der Waals surface area contributed by atoms with Crippen LogP contribution in [0.4, 0.5) is 0 Å². The normalized spacial score (nSPS) is 22.0. The van der Waals surface area contributed by atoms with E-state index in [1.165, 1.54) is 26.7 Å². The third-order valence-electron chi connectivity index (χ3n) is 5.47. The SMILES string of the molecule is CC(C)(O)O.N#CB(c1cc(Cl)nc2c1cnn2C1CCC(CO)O1)C1CCCC1. The zero-order valence-electron chi connectivity index (χ0n) is 17.3. The Balaban J connectivity index is 0.000000461. The Labute approximate surface area is 181 Å². The Kier molecular flexibility index (Phi) is 7.37. The molecule has 2 fully saturated rings. The third kappa shape index (κ3) is 5.51. The van der Waals surface area contributed by atoms with E-state index >= 15 is 0 Å². The number of aliphatic hydroxyl groups is 3. The molecule has 3 N–H and O–H groups in total. The van der Waals surface area contributed by atoms with Crippen LogP contribution in [-0.2, 0) is 4.74 Å². The molecule has 4 rings (SSSR count). The number of hydrogen-bond acceptors (Lipinski definition) is 7. The highest BCUT2D eigenvalue weighted by atomic mass is 35.5. The zero-order valence-corrected chi connectivity index (χ0v) is 18.1. The summed E-state index contributed by atoms with van der Waals surface area (Å²) in [5, 5.41) is 40.9. The standard InChI is InChI=1S/C17H20BClN4O2.C3H8O2/c19-15-7-14(18(10-20)11-3-1-2-4-11)13-8-21-23(17(13)22-15)16-6-5-12(9-24)25-16;1-3(2,4)5/h7-8,11-12,16,24H,1-6,9H2;4-5H,1-2H3. The van der Waals surface area contributed by atoms with Crippen molar-refractivity contribution in [1.29, 1.82) is 5.26 Å². The molecule has 10 heteroatoms. The van der Waals surface area contributed by atoms with Crippen molar-refractivity contribution in [3.8, 4) is 5.97 Å². The first-order valence-electron chi connectivity index (χ1n) is 10.4. The first-order chi connectivity index (χ1) is 14.2. The van der Waals surface area contributed by atoms with E-state index in [0.717, 1.165) is 36.5 Å². The van der Waals surface area contributed by atoms with Crippen molar-refractivity contribution in [2.45, 2.75) is 76.3 Å². The summed E-state index contributed by atoms with van der Waals surface area (Å²) in [5.74, 6) is 1.36. The quantitative estimate of drug-likeness (QED) is 0.382. The first kappa shape index (κ1) is 23.0. The van der Waals surface area contributed by atoms with Gasteiger partial charge in [0.1, 0.15) is 5.15 Å². The molecule has 2 atom stereocenters. The van der Waals surface area contributed by atoms with Gasteiger partial charge >= 0.3 is 6.71 Å². The lowest BCUT2D eigenvalue weighted by molar-refractivity contribution is -0.127. The molecule has 0 aromatic carbocycles. The van der Waals surface area contributed by atoms with E-state index in [0.29, 0.717) is 16.6 Å². The highest BCUT2D eigenvalue weighted by Gasteiger charge is 2.34. The summed E-state index contributed by atoms with van der Waals surface area (Å²) in [7, 11) is 0. The number of nitrogens with zero attached hydrogens (tertiary/aromatic N) is 4. The smallest absolute Gasteiger partial charge is 0.304 e. The van der Waals surface area contributed by atoms with Crippen LogP contribution in [0.5, 0.6) is 0 Å². The molecule has 0 spiro atoms. The number of halogens is 1. The minimum Gasteiger partial charge on any atom is -0.394 e. The molecule has 2 aromatic rings. The lowest BCUT2D eigenvalue weighted by Crippen LogP contribution is -2.34. The Morgan fingerprint density at radius 2 is 1.97 bits per heavy atom. The summed E-state index contributed by atoms with van der Waals surface area (Å²) in [4.78, 5) is 4.45. The maximum atomic E-state index is 9.78. The second-order valence-electron chi connectivity index (χ2n) is 8.48. The molecule has 2 aliphatic rings. The molecule has 8 nitrogen and oxygen atoms in total. The largest absolute Gasteiger partial charge is 0.394 e. The van der Waals surface area contributed by atoms with E-state index in [1.54, 1.807) is 10.9 Å². The summed E-state index contributed by atoms with van der Waals surface area (Å²) in [6.45, 7) is 2.42. The molecule has 2 unspecified atom stereocenters. The highest BCUT2D eigenvalue weighted by molar-refractivity contribution is 6.83. The average Bonchev–Trinajstić information content (AvgIpc) is 3.41. The number of pyridine rings is 1. The van der Waals surface area contributed by atoms with Crippen LogP contribution in [-0.4, -0.2) is 55.3 Å². The predicted molar refractivity (Wildman–Crippen MR) is 115 cm³/mol. The van der Waals surface area contributed by atoms with Crippen molar-refractivity contribution < 1.29 is 20.1 Å². The van der Waals surface area contributed by atoms with Crippen LogP contribution < -0.4 is 5.46 Å². The molecule has 2 aromatic heterocycles. The van der Waals surface area contributed by atoms with Crippen LogP contribution >= 0.6 is 11.6 Å². The van der Waals surface area contributed by atoms with Gasteiger partial charge in [0.2, 0.25) is 0 Å². The number of rotatable bonds is 4. The van der Waals surface area contributed by atoms with E-state index in [4.69, 9.17) is 26.6 Å². The molecule has 1 saturated heterocycles. The maximum absolute atomic E-state index is 9.78. The lowest BCUT2D eigenvalue weighted by atomic mass is 9.37. The van der Waals surface area contributed by atoms with Gasteiger partial charge in [-0.1, -0.05) is 37.3 Å². The molecule has 162 valence electrons. The van der Waals surface area contributed by atoms with Crippen molar-refractivity contribution in [3.63, 3.8) is 0 Å². The maximum Gasteiger partial charge on any atom is 0.304 e. The van der Waals surface area contributed by atoms with Crippen LogP contribution in [0.25, 0.3) is 11.0 Å². The van der Waals surface area contributed by atoms with Gasteiger partial charge in [0.15, 0.2) is 17.7 Å². The fourth-order valence-corrected chi connectivity index (χ4v) is 4.40. The number of aromatic nitrogens is 3. The van der Waals surface area contributed by atoms with Crippen LogP contribution in [0.3, 0.4) is 0 Å². The Hall–Kier alpha value is -1.70. The molecule has 0 amide bonds. The first-order valence-corrected chi connectivity index (χ1v) is 10.7. The molecular weight excluding hydrogens is 407 g/mol. The van der Waals surface area contributed by atoms with E-state index in [-0.39, 0.29) is 25.7 Å². The second kappa shape index (κ2) is 9.63. The minimum atomic E-state index is -1.50. The molecule has 30 heavy (non-hydrogen) atoms. The molecule has 1 saturated carbocycles. The summed E-state index contributed by atoms with van der Waals surface area (Å²) in [5.41, 5.74) is 1.58. The van der Waals surface area contributed by atoms with Gasteiger partial charge in [-0.25, -0.2) is 14.9 Å². The molecule has 1 aliphatic carbocycles. The minimum absolute atomic E-state index is 0.00726. The monoisotopic (exact) mass is 434 g/mol. The van der Waals surface area contributed by atoms with Gasteiger partial charge in [-0.2, -0.15) is 5.10 Å². The van der Waals surface area contributed by atoms with E-state index in [1.807, 2.05) is 6.07 Å². The van der Waals surface area contributed by atoms with Crippen molar-refractivity contribution in [2.24, 2.45) is 0 Å². The Morgan fingerprint density at radius 1 is 1.30 bits per heavy atom. The van der Waals surface area contributed by atoms with E-state index in [9.17, 15) is 10.4 Å². The molecule has 1 aliphatic heterocycles. The Morgan fingerprint density at radius 3 is 2.53 bits per heavy atom. The Bertz CT molecular complexity index is 899. The van der Waals surface area contributed by atoms with Crippen LogP contribution in [0, 0.1) is 11.2 Å². The van der Waals surface area contributed by atoms with Gasteiger partial charge in [0.25, 0.3) is 0 Å². The van der Waals surface area contributed by atoms with Gasteiger partial charge in [-0.3, -0.25) is 0 Å². The number of hydrogen-bond donors (Lipinski definition) is 3. The van der Waals surface area contributed by atoms with Gasteiger partial charge < -0.3 is 20.1 Å². The highest BCUT2D eigenvalue weighted by Crippen LogP contribution is 2.34. The lowest BCUT2D eigenvalue weighted by Gasteiger charge is -2.16. The van der Waals surface area contributed by atoms with Crippen molar-refractivity contribution in [3.05, 3.63) is 17.4 Å². The van der Waals surface area contributed by atoms with Crippen LogP contribution in [0.1, 0.15) is 58.6 Å². The van der Waals surface area contributed by atoms with Crippen LogP contribution in [0.2, 0.25) is 11.0 Å². The number of fused-ring (bicyclic) bond motifs is 1. The van der Waals surface area contributed by atoms with Crippen molar-refractivity contribution in [1.82, 2.24) is 14.8 Å². The van der Waals surface area contributed by atoms with Gasteiger partial charge in [0, 0.05) is 11.4 Å². The van der Waals surface area contributed by atoms with Crippen molar-refractivity contribution >= 4 is 34.8 Å². The fourth-order valence-electron chi connectivity index (χ4n) is 4.20. The number of ether oxygens (including phenoxy) is 1. The topological polar surface area (TPSA) is 124 Å². The van der Waals surface area contributed by atoms with Crippen LogP contribution in [0.15, 0.2) is 12.3 Å². The molecular formula is C20H28BClN4O4. The number of nitriles is 1. The summed E-state index contributed by atoms with van der Waals surface area (Å²) >= 11 is 6.28. The summed E-state index contributed by atoms with van der Waals surface area (Å²) in [6.07, 6.45) is 7.45. The number of aliphatic hydroxyl groups excluding tert-OH is 1. The van der Waals surface area contributed by atoms with Gasteiger partial charge in [0.05, 0.1) is 18.9 Å². The third-order valence-corrected chi connectivity index (χ3v) is 5.67. The molecule has 0 bridgehead atoms. The van der Waals surface area contributed by atoms with Crippen molar-refractivity contribution in [2.75, 3.05) is 6.61 Å². The second-order valence-corrected chi connectivity index (χ2v) is 8.87. The van der Waals surface area contributed by atoms with Gasteiger partial charge in [-0.15, -0.1) is 0 Å². The average molecular weight is 435 g/mol. The molecule has 0 radical (unpaired) electrons.